The number of piperazine rings is 1. The lowest BCUT2D eigenvalue weighted by atomic mass is 9.66. The number of carbonyl (C=O) groups excluding carboxylic acids is 1. The van der Waals surface area contributed by atoms with Crippen molar-refractivity contribution in [3.05, 3.63) is 70.3 Å². The third-order valence-corrected chi connectivity index (χ3v) is 13.2. The van der Waals surface area contributed by atoms with Gasteiger partial charge in [-0.25, -0.2) is 4.21 Å². The fourth-order valence-electron chi connectivity index (χ4n) is 8.42. The Morgan fingerprint density at radius 1 is 1.04 bits per heavy atom. The Bertz CT molecular complexity index is 1590. The summed E-state index contributed by atoms with van der Waals surface area (Å²) in [6.07, 6.45) is 10.4. The Balaban J connectivity index is 0.000000927. The van der Waals surface area contributed by atoms with Gasteiger partial charge >= 0.3 is 0 Å². The second-order valence-electron chi connectivity index (χ2n) is 16.8. The van der Waals surface area contributed by atoms with Crippen molar-refractivity contribution < 1.29 is 23.2 Å². The Kier molecular flexibility index (Phi) is 17.6. The standard InChI is InChI=1S/C40H57ClN4O4S.C5H12O/c1-5-7-9-31(22-43-16-18-44(19-17-43)35-26-48-27-35)37-13-10-32(37)23-45-24-33(36-14-12-34(41)20-29(36)8-6-2)25-49-39-15-11-30(21-38(39)45)40(46)42-50(47)28(3)4;1-5(2)4-6-3/h7,9,11-12,14-15,20-21,28,31-33,35,37H,5-6,8,10,13,16-19,22-27H2,1-4H3,(H,42,46);5H,4H2,1-3H3/b9-7+;. The number of aryl methyl sites for hydroxylation is 1. The van der Waals surface area contributed by atoms with Gasteiger partial charge < -0.3 is 24.0 Å². The normalized spacial score (nSPS) is 23.0. The molecule has 3 aliphatic heterocycles. The molecule has 4 aliphatic rings. The molecule has 5 unspecified atom stereocenters. The van der Waals surface area contributed by atoms with Crippen molar-refractivity contribution in [3.8, 4) is 5.75 Å². The summed E-state index contributed by atoms with van der Waals surface area (Å²) in [7, 11) is 0.275. The molecule has 312 valence electrons. The van der Waals surface area contributed by atoms with Crippen molar-refractivity contribution in [2.75, 3.05) is 84.3 Å². The van der Waals surface area contributed by atoms with Gasteiger partial charge in [0, 0.05) is 81.3 Å². The Morgan fingerprint density at radius 2 is 1.80 bits per heavy atom. The second-order valence-corrected chi connectivity index (χ2v) is 19.0. The van der Waals surface area contributed by atoms with Crippen molar-refractivity contribution in [1.29, 1.82) is 0 Å². The smallest absolute Gasteiger partial charge is 0.263 e. The summed E-state index contributed by atoms with van der Waals surface area (Å²) in [5, 5.41) is 0.604. The van der Waals surface area contributed by atoms with Crippen LogP contribution in [0.5, 0.6) is 5.75 Å². The molecule has 0 bridgehead atoms. The molecule has 2 saturated heterocycles. The summed E-state index contributed by atoms with van der Waals surface area (Å²) in [6.45, 7) is 22.9. The van der Waals surface area contributed by atoms with Gasteiger partial charge in [0.15, 0.2) is 0 Å². The molecular weight excluding hydrogens is 744 g/mol. The number of rotatable bonds is 16. The molecule has 1 N–H and O–H groups in total. The summed E-state index contributed by atoms with van der Waals surface area (Å²) in [5.74, 6) is 2.96. The van der Waals surface area contributed by atoms with Crippen molar-refractivity contribution in [2.45, 2.75) is 90.9 Å². The molecule has 1 saturated carbocycles. The highest BCUT2D eigenvalue weighted by atomic mass is 35.5. The van der Waals surface area contributed by atoms with Crippen LogP contribution < -0.4 is 14.4 Å². The summed E-state index contributed by atoms with van der Waals surface area (Å²) >= 11 is 6.49. The number of fused-ring (bicyclic) bond motifs is 1. The number of anilines is 1. The van der Waals surface area contributed by atoms with Gasteiger partial charge in [0.1, 0.15) is 16.7 Å². The lowest BCUT2D eigenvalue weighted by Gasteiger charge is -2.47. The number of amides is 1. The Hall–Kier alpha value is -2.47. The van der Waals surface area contributed by atoms with Crippen LogP contribution >= 0.6 is 11.6 Å². The Labute approximate surface area is 345 Å². The fraction of sp³-hybridized carbons (Fsp3) is 0.667. The number of hydrogen-bond acceptors (Lipinski definition) is 8. The first-order valence-electron chi connectivity index (χ1n) is 21.2. The van der Waals surface area contributed by atoms with Crippen LogP contribution in [0.4, 0.5) is 5.69 Å². The van der Waals surface area contributed by atoms with Crippen LogP contribution in [0.2, 0.25) is 5.02 Å². The number of nitrogens with zero attached hydrogens (tertiary/aromatic N) is 3. The molecule has 11 heteroatoms. The van der Waals surface area contributed by atoms with E-state index in [1.807, 2.05) is 32.0 Å². The quantitative estimate of drug-likeness (QED) is 0.171. The molecule has 3 heterocycles. The van der Waals surface area contributed by atoms with Crippen LogP contribution in [0.15, 0.2) is 48.6 Å². The number of hydrogen-bond donors (Lipinski definition) is 1. The summed E-state index contributed by atoms with van der Waals surface area (Å²) in [6, 6.07) is 12.6. The first-order chi connectivity index (χ1) is 27.0. The van der Waals surface area contributed by atoms with Gasteiger partial charge in [-0.1, -0.05) is 63.9 Å². The molecule has 56 heavy (non-hydrogen) atoms. The first-order valence-corrected chi connectivity index (χ1v) is 22.8. The number of nitrogens with one attached hydrogen (secondary N) is 1. The van der Waals surface area contributed by atoms with Gasteiger partial charge in [-0.3, -0.25) is 14.4 Å². The lowest BCUT2D eigenvalue weighted by Crippen LogP contribution is -2.57. The molecule has 0 radical (unpaired) electrons. The van der Waals surface area contributed by atoms with E-state index in [-0.39, 0.29) is 17.1 Å². The fourth-order valence-corrected chi connectivity index (χ4v) is 9.15. The summed E-state index contributed by atoms with van der Waals surface area (Å²) in [4.78, 5) is 21.1. The van der Waals surface area contributed by atoms with Gasteiger partial charge in [0.2, 0.25) is 0 Å². The third kappa shape index (κ3) is 12.3. The van der Waals surface area contributed by atoms with E-state index < -0.39 is 11.0 Å². The van der Waals surface area contributed by atoms with Crippen molar-refractivity contribution in [2.24, 2.45) is 23.7 Å². The zero-order valence-corrected chi connectivity index (χ0v) is 36.7. The maximum absolute atomic E-state index is 13.3. The van der Waals surface area contributed by atoms with E-state index in [4.69, 9.17) is 25.8 Å². The topological polar surface area (TPSA) is 83.6 Å². The number of carbonyl (C=O) groups is 1. The SMILES string of the molecule is CC/C=C/C(CN1CCN(C2COC2)CC1)C1CCC1CN1CC(c2ccc(Cl)cc2CCC)COc2ccc(C(=O)NS(=O)C(C)C)cc21.COCC(C)C. The highest BCUT2D eigenvalue weighted by Crippen LogP contribution is 2.44. The molecule has 6 rings (SSSR count). The predicted octanol–water partition coefficient (Wildman–Crippen LogP) is 7.99. The molecule has 2 aromatic carbocycles. The third-order valence-electron chi connectivity index (χ3n) is 11.7. The van der Waals surface area contributed by atoms with Crippen molar-refractivity contribution in [3.63, 3.8) is 0 Å². The van der Waals surface area contributed by atoms with Gasteiger partial charge in [-0.15, -0.1) is 0 Å². The largest absolute Gasteiger partial charge is 0.491 e. The molecule has 5 atom stereocenters. The maximum atomic E-state index is 13.3. The van der Waals surface area contributed by atoms with Crippen LogP contribution in [-0.2, 0) is 26.9 Å². The van der Waals surface area contributed by atoms with E-state index in [2.05, 4.69) is 71.4 Å². The highest BCUT2D eigenvalue weighted by Gasteiger charge is 2.40. The monoisotopic (exact) mass is 812 g/mol. The van der Waals surface area contributed by atoms with Crippen molar-refractivity contribution in [1.82, 2.24) is 14.5 Å². The average Bonchev–Trinajstić information content (AvgIpc) is 3.31. The molecule has 0 aromatic heterocycles. The van der Waals surface area contributed by atoms with E-state index in [0.717, 1.165) is 101 Å². The summed E-state index contributed by atoms with van der Waals surface area (Å²) in [5.41, 5.74) is 4.03. The molecule has 1 aliphatic carbocycles. The van der Waals surface area contributed by atoms with Gasteiger partial charge in [-0.05, 0) is 105 Å². The lowest BCUT2D eigenvalue weighted by molar-refractivity contribution is -0.0782. The van der Waals surface area contributed by atoms with Crippen LogP contribution in [0.1, 0.15) is 94.6 Å². The number of ether oxygens (including phenoxy) is 3. The van der Waals surface area contributed by atoms with Gasteiger partial charge in [0.25, 0.3) is 5.91 Å². The van der Waals surface area contributed by atoms with E-state index in [9.17, 15) is 9.00 Å². The number of benzene rings is 2. The minimum Gasteiger partial charge on any atom is -0.491 e. The molecule has 9 nitrogen and oxygen atoms in total. The molecule has 0 spiro atoms. The van der Waals surface area contributed by atoms with E-state index in [1.54, 1.807) is 13.2 Å². The van der Waals surface area contributed by atoms with E-state index >= 15 is 0 Å². The minimum absolute atomic E-state index is 0.151. The van der Waals surface area contributed by atoms with Crippen LogP contribution in [0.3, 0.4) is 0 Å². The van der Waals surface area contributed by atoms with Gasteiger partial charge in [0.05, 0.1) is 31.5 Å². The number of allylic oxidation sites excluding steroid dienone is 1. The van der Waals surface area contributed by atoms with Gasteiger partial charge in [-0.2, -0.15) is 0 Å². The zero-order chi connectivity index (χ0) is 40.2. The molecular formula is C45H69ClN4O5S. The van der Waals surface area contributed by atoms with Crippen molar-refractivity contribution >= 4 is 34.2 Å². The van der Waals surface area contributed by atoms with Crippen LogP contribution in [0, 0.1) is 23.7 Å². The summed E-state index contributed by atoms with van der Waals surface area (Å²) < 4.78 is 32.1. The first kappa shape index (κ1) is 44.6. The van der Waals surface area contributed by atoms with E-state index in [0.29, 0.717) is 41.9 Å². The highest BCUT2D eigenvalue weighted by molar-refractivity contribution is 7.84. The predicted molar refractivity (Wildman–Crippen MR) is 232 cm³/mol. The minimum atomic E-state index is -1.45. The van der Waals surface area contributed by atoms with Crippen LogP contribution in [0.25, 0.3) is 0 Å². The number of halogens is 1. The molecule has 1 amide bonds. The second kappa shape index (κ2) is 22.1. The molecule has 2 aromatic rings. The Morgan fingerprint density at radius 3 is 2.39 bits per heavy atom. The molecule has 3 fully saturated rings. The number of methoxy groups -OCH3 is 1. The maximum Gasteiger partial charge on any atom is 0.263 e. The van der Waals surface area contributed by atoms with E-state index in [1.165, 1.54) is 24.0 Å². The zero-order valence-electron chi connectivity index (χ0n) is 35.1. The van der Waals surface area contributed by atoms with Crippen LogP contribution in [-0.4, -0.2) is 111 Å². The average molecular weight is 814 g/mol.